The van der Waals surface area contributed by atoms with Gasteiger partial charge in [-0.15, -0.1) is 26.3 Å². The zero-order valence-electron chi connectivity index (χ0n) is 82.4. The Hall–Kier alpha value is -5.86. The number of anilines is 1. The molecule has 6 atom stereocenters. The molecule has 29 heteroatoms. The van der Waals surface area contributed by atoms with Gasteiger partial charge >= 0.3 is 18.9 Å². The maximum atomic E-state index is 12.8. The standard InChI is InChI=1S/C22H27Cl2N.C22H28ClN.C18H23ClF3NO2.C16H21ClF3NO2.C15H21Cl2NO.C14H18ClF3N2/c1-22(2,3)18-9-11-25(12-10-18)21(16-7-5-4-6-8-16)17-13-19(23)15-20(24)14-17;1-16-11-18(13-19(23)12-16)20(17-9-7-6-8-10-17)24-14-22(5,15-24)21(2,3)4;1-17(2,3)23-12-4-5-13(23)9-15(8-12)24-14-6-11(19)7-16(10-14)25-18(20,21)22;1-15(2,3)21-6-4-12(5-7-21)22-13-8-11(17)9-14(10-13)23-16(18,19)20;1-15(2,3)18-4-5-19-14(10-18)8-11-6-12(16)9-13(17)7-11;1-12(2,3)13(4)7-20(8-13)11-5-9(14(16,17)18)10(15)6-19-11/h4-8,13-15,18,21H,9-12H2,1-3H3;6-13,20H,14-15H2,1-5H3;6-7,10,12-13,15H,4-5,8-9H2,1-3H3;8-10,12H,4-7H2,1-3H3;6-7,9,14H,4-5,8,10H2,1-3H3;5-6H,7-8H2,1-4H3/t;;12-,13+,15?;;14-;/m....1./s1. The first kappa shape index (κ1) is 112. The average molecular weight is 2060 g/mol. The largest absolute Gasteiger partial charge is 0.573 e. The van der Waals surface area contributed by atoms with Gasteiger partial charge in [0.25, 0.3) is 0 Å². The topological polar surface area (TPSA) is 78.5 Å². The molecule has 0 aliphatic carbocycles. The lowest BCUT2D eigenvalue weighted by Gasteiger charge is -2.58. The van der Waals surface area contributed by atoms with Gasteiger partial charge in [-0.25, -0.2) is 4.98 Å². The molecule has 0 N–H and O–H groups in total. The summed E-state index contributed by atoms with van der Waals surface area (Å²) in [4.78, 5) is 18.4. The van der Waals surface area contributed by atoms with Crippen molar-refractivity contribution < 1.29 is 63.2 Å². The van der Waals surface area contributed by atoms with Gasteiger partial charge in [0, 0.05) is 140 Å². The molecule has 1 aromatic heterocycles. The number of benzene rings is 7. The number of alkyl halides is 9. The summed E-state index contributed by atoms with van der Waals surface area (Å²) >= 11 is 48.4. The fourth-order valence-corrected chi connectivity index (χ4v) is 21.4. The van der Waals surface area contributed by atoms with Crippen LogP contribution in [0, 0.1) is 39.9 Å². The summed E-state index contributed by atoms with van der Waals surface area (Å²) in [6, 6.07) is 49.7. The fraction of sp³-hybridized carbons (Fsp3) is 0.561. The minimum absolute atomic E-state index is 0.0201. The number of aryl methyl sites for hydroxylation is 1. The molecule has 8 aromatic rings. The van der Waals surface area contributed by atoms with E-state index < -0.39 is 24.5 Å². The molecule has 7 fully saturated rings. The Balaban J connectivity index is 0.000000169. The first-order chi connectivity index (χ1) is 62.9. The molecule has 12 nitrogen and oxygen atoms in total. The number of nitrogens with zero attached hydrogens (tertiary/aromatic N) is 7. The SMILES string of the molecule is CC(C)(C)C1(C)CN(c2cc(C(F)(F)F)c(Cl)cn2)C1.CC(C)(C)C1CCN(C(c2ccccc2)c2cc(Cl)cc(Cl)c2)CC1.CC(C)(C)N1CCC(Oc2cc(Cl)cc(OC(F)(F)F)c2)CC1.CC(C)(C)N1CCO[C@H](Cc2cc(Cl)cc(Cl)c2)C1.CC(C)(C)N1[C@@H]2CC[C@H]1CC(Oc1cc(Cl)cc(OC(F)(F)F)c1)C2.Cc1cc(Cl)cc(C(c2ccccc2)N2CC(C)(C(C)(C)C)C2)c1. The summed E-state index contributed by atoms with van der Waals surface area (Å²) in [5.41, 5.74) is 8.28. The molecule has 7 aliphatic rings. The molecule has 15 rings (SSSR count). The quantitative estimate of drug-likeness (QED) is 0.0918. The van der Waals surface area contributed by atoms with Gasteiger partial charge < -0.3 is 28.6 Å². The third-order valence-electron chi connectivity index (χ3n) is 27.7. The van der Waals surface area contributed by atoms with E-state index in [0.717, 1.165) is 145 Å². The van der Waals surface area contributed by atoms with Crippen LogP contribution in [0.4, 0.5) is 45.3 Å². The second kappa shape index (κ2) is 45.8. The summed E-state index contributed by atoms with van der Waals surface area (Å²) in [5.74, 6) is 1.01. The summed E-state index contributed by atoms with van der Waals surface area (Å²) in [6.45, 7) is 57.4. The van der Waals surface area contributed by atoms with Gasteiger partial charge in [-0.05, 0) is 280 Å². The number of rotatable bonds is 15. The third-order valence-corrected chi connectivity index (χ3v) is 29.5. The lowest BCUT2D eigenvalue weighted by Crippen LogP contribution is -2.61. The van der Waals surface area contributed by atoms with Gasteiger partial charge in [-0.2, -0.15) is 13.2 Å². The molecular formula is C107H138Cl8F9N7O5. The zero-order chi connectivity index (χ0) is 101. The summed E-state index contributed by atoms with van der Waals surface area (Å²) in [6.07, 6.45) is -3.74. The lowest BCUT2D eigenvalue weighted by molar-refractivity contribution is -0.275. The lowest BCUT2D eigenvalue weighted by atomic mass is 9.62. The highest BCUT2D eigenvalue weighted by Gasteiger charge is 2.52. The van der Waals surface area contributed by atoms with Crippen LogP contribution < -0.4 is 23.8 Å². The molecule has 7 aromatic carbocycles. The number of aromatic nitrogens is 1. The number of piperidine rings is 3. The van der Waals surface area contributed by atoms with Crippen LogP contribution in [0.2, 0.25) is 40.2 Å². The van der Waals surface area contributed by atoms with Crippen molar-refractivity contribution in [3.63, 3.8) is 0 Å². The number of fused-ring (bicyclic) bond motifs is 2. The first-order valence-corrected chi connectivity index (χ1v) is 50.0. The Bertz CT molecular complexity index is 5110. The van der Waals surface area contributed by atoms with Crippen LogP contribution in [-0.4, -0.2) is 161 Å². The molecule has 0 spiro atoms. The van der Waals surface area contributed by atoms with E-state index in [-0.39, 0.29) is 84.4 Å². The van der Waals surface area contributed by atoms with Gasteiger partial charge in [-0.1, -0.05) is 236 Å². The maximum Gasteiger partial charge on any atom is 0.573 e. The van der Waals surface area contributed by atoms with Crippen molar-refractivity contribution in [3.8, 4) is 23.0 Å². The van der Waals surface area contributed by atoms with E-state index in [9.17, 15) is 39.5 Å². The van der Waals surface area contributed by atoms with Gasteiger partial charge in [0.2, 0.25) is 0 Å². The molecule has 8 heterocycles. The second-order valence-corrected chi connectivity index (χ2v) is 47.5. The molecule has 0 amide bonds. The normalized spacial score (nSPS) is 20.6. The third kappa shape index (κ3) is 32.6. The van der Waals surface area contributed by atoms with E-state index in [1.807, 2.05) is 23.1 Å². The van der Waals surface area contributed by atoms with Crippen LogP contribution in [0.5, 0.6) is 23.0 Å². The van der Waals surface area contributed by atoms with Crippen molar-refractivity contribution in [2.24, 2.45) is 33.0 Å². The molecule has 750 valence electrons. The maximum absolute atomic E-state index is 12.8. The van der Waals surface area contributed by atoms with E-state index >= 15 is 0 Å². The molecule has 7 saturated heterocycles. The monoisotopic (exact) mass is 2050 g/mol. The van der Waals surface area contributed by atoms with Crippen LogP contribution in [0.3, 0.4) is 0 Å². The number of morpholine rings is 1. The molecule has 7 aliphatic heterocycles. The highest BCUT2D eigenvalue weighted by atomic mass is 35.5. The predicted molar refractivity (Wildman–Crippen MR) is 541 cm³/mol. The predicted octanol–water partition coefficient (Wildman–Crippen LogP) is 31.9. The number of pyridine rings is 1. The zero-order valence-corrected chi connectivity index (χ0v) is 88.5. The molecule has 136 heavy (non-hydrogen) atoms. The summed E-state index contributed by atoms with van der Waals surface area (Å²) in [7, 11) is 0. The Morgan fingerprint density at radius 3 is 1.27 bits per heavy atom. The Labute approximate surface area is 842 Å². The van der Waals surface area contributed by atoms with Crippen LogP contribution in [0.1, 0.15) is 241 Å². The van der Waals surface area contributed by atoms with Gasteiger partial charge in [0.05, 0.1) is 35.4 Å². The molecule has 0 radical (unpaired) electrons. The Morgan fingerprint density at radius 1 is 0.426 bits per heavy atom. The van der Waals surface area contributed by atoms with Crippen molar-refractivity contribution in [2.75, 3.05) is 77.0 Å². The van der Waals surface area contributed by atoms with Crippen molar-refractivity contribution in [2.45, 2.75) is 281 Å². The van der Waals surface area contributed by atoms with Crippen LogP contribution in [0.15, 0.2) is 164 Å². The molecule has 3 unspecified atom stereocenters. The number of ether oxygens (including phenoxy) is 5. The highest BCUT2D eigenvalue weighted by Crippen LogP contribution is 2.52. The van der Waals surface area contributed by atoms with Crippen LogP contribution in [0.25, 0.3) is 0 Å². The van der Waals surface area contributed by atoms with E-state index in [0.29, 0.717) is 78.8 Å². The fourth-order valence-electron chi connectivity index (χ4n) is 19.3. The van der Waals surface area contributed by atoms with Crippen LogP contribution >= 0.6 is 92.8 Å². The van der Waals surface area contributed by atoms with E-state index in [1.54, 1.807) is 12.1 Å². The van der Waals surface area contributed by atoms with Crippen molar-refractivity contribution in [1.82, 2.24) is 29.5 Å². The van der Waals surface area contributed by atoms with Crippen LogP contribution in [-0.2, 0) is 17.3 Å². The van der Waals surface area contributed by atoms with E-state index in [1.165, 1.54) is 64.9 Å². The number of hydrogen-bond acceptors (Lipinski definition) is 12. The second-order valence-electron chi connectivity index (χ2n) is 44.1. The molecule has 2 bridgehead atoms. The Morgan fingerprint density at radius 2 is 0.846 bits per heavy atom. The number of hydrogen-bond donors (Lipinski definition) is 0. The van der Waals surface area contributed by atoms with Gasteiger partial charge in [0.1, 0.15) is 41.0 Å². The minimum Gasteiger partial charge on any atom is -0.490 e. The number of likely N-dealkylation sites (tertiary alicyclic amines) is 3. The summed E-state index contributed by atoms with van der Waals surface area (Å²) < 4.78 is 138. The van der Waals surface area contributed by atoms with Crippen molar-refractivity contribution >= 4 is 98.6 Å². The first-order valence-electron chi connectivity index (χ1n) is 47.0. The summed E-state index contributed by atoms with van der Waals surface area (Å²) in [5, 5.41) is 3.55. The molecular weight excluding hydrogens is 1920 g/mol. The Kier molecular flexibility index (Phi) is 37.8. The van der Waals surface area contributed by atoms with Crippen molar-refractivity contribution in [3.05, 3.63) is 243 Å². The smallest absolute Gasteiger partial charge is 0.490 e. The highest BCUT2D eigenvalue weighted by molar-refractivity contribution is 6.35. The number of halogens is 17. The van der Waals surface area contributed by atoms with Gasteiger partial charge in [0.15, 0.2) is 0 Å². The van der Waals surface area contributed by atoms with E-state index in [2.05, 4.69) is 269 Å². The van der Waals surface area contributed by atoms with Gasteiger partial charge in [-0.3, -0.25) is 24.5 Å². The van der Waals surface area contributed by atoms with Crippen molar-refractivity contribution in [1.29, 1.82) is 0 Å². The minimum atomic E-state index is -4.75. The van der Waals surface area contributed by atoms with E-state index in [4.69, 9.17) is 107 Å². The molecule has 0 saturated carbocycles. The average Bonchev–Trinajstić information content (AvgIpc) is 1.04.